The van der Waals surface area contributed by atoms with Gasteiger partial charge in [0.15, 0.2) is 13.6 Å². The minimum atomic E-state index is -1.79. The summed E-state index contributed by atoms with van der Waals surface area (Å²) in [5.41, 5.74) is 0.724. The lowest BCUT2D eigenvalue weighted by atomic mass is 10.2. The first kappa shape index (κ1) is 24.2. The monoisotopic (exact) mass is 447 g/mol. The van der Waals surface area contributed by atoms with E-state index >= 15 is 0 Å². The number of ether oxygens (including phenoxy) is 2. The summed E-state index contributed by atoms with van der Waals surface area (Å²) in [5.74, 6) is -0.250. The predicted molar refractivity (Wildman–Crippen MR) is 111 cm³/mol. The van der Waals surface area contributed by atoms with Crippen LogP contribution < -0.4 is 0 Å². The van der Waals surface area contributed by atoms with Crippen LogP contribution in [0.5, 0.6) is 0 Å². The van der Waals surface area contributed by atoms with Crippen molar-refractivity contribution >= 4 is 26.2 Å². The van der Waals surface area contributed by atoms with Crippen molar-refractivity contribution in [1.82, 2.24) is 5.06 Å². The zero-order valence-corrected chi connectivity index (χ0v) is 17.6. The first-order chi connectivity index (χ1) is 15.0. The van der Waals surface area contributed by atoms with Crippen LogP contribution in [0, 0.1) is 0 Å². The summed E-state index contributed by atoms with van der Waals surface area (Å²) in [6.45, 7) is 0.280. The summed E-state index contributed by atoms with van der Waals surface area (Å²) in [6.07, 6.45) is 1.44. The van der Waals surface area contributed by atoms with Crippen LogP contribution in [0.25, 0.3) is 0 Å². The van der Waals surface area contributed by atoms with E-state index in [2.05, 4.69) is 0 Å². The van der Waals surface area contributed by atoms with E-state index in [1.165, 1.54) is 18.8 Å². The number of hydroxylamine groups is 2. The van der Waals surface area contributed by atoms with Crippen molar-refractivity contribution in [2.45, 2.75) is 6.92 Å². The van der Waals surface area contributed by atoms with Crippen LogP contribution in [0.3, 0.4) is 0 Å². The van der Waals surface area contributed by atoms with Crippen molar-refractivity contribution in [2.24, 2.45) is 0 Å². The molecule has 0 aliphatic heterocycles. The third-order valence-corrected chi connectivity index (χ3v) is 4.80. The molecule has 164 valence electrons. The van der Waals surface area contributed by atoms with Gasteiger partial charge in [-0.05, 0) is 30.1 Å². The largest absolute Gasteiger partial charge is 0.434 e. The molecule has 0 heterocycles. The highest BCUT2D eigenvalue weighted by molar-refractivity contribution is 7.50. The number of hydrogen-bond acceptors (Lipinski definition) is 8. The van der Waals surface area contributed by atoms with Gasteiger partial charge in [-0.3, -0.25) is 19.0 Å². The van der Waals surface area contributed by atoms with E-state index in [0.29, 0.717) is 16.2 Å². The summed E-state index contributed by atoms with van der Waals surface area (Å²) in [5, 5.41) is 9.90. The molecule has 0 aliphatic rings. The number of hydrogen-bond donors (Lipinski definition) is 1. The Kier molecular flexibility index (Phi) is 10.3. The Hall–Kier alpha value is -3.10. The normalized spacial score (nSPS) is 10.8. The van der Waals surface area contributed by atoms with E-state index in [1.807, 2.05) is 0 Å². The second-order valence-corrected chi connectivity index (χ2v) is 7.25. The zero-order valence-electron chi connectivity index (χ0n) is 16.7. The highest BCUT2D eigenvalue weighted by Crippen LogP contribution is 2.39. The summed E-state index contributed by atoms with van der Waals surface area (Å²) in [7, 11) is -1.79. The van der Waals surface area contributed by atoms with Crippen molar-refractivity contribution in [3.63, 3.8) is 0 Å². The molecule has 0 aliphatic carbocycles. The van der Waals surface area contributed by atoms with Crippen LogP contribution in [-0.4, -0.2) is 48.2 Å². The lowest BCUT2D eigenvalue weighted by Crippen LogP contribution is -2.24. The Morgan fingerprint density at radius 1 is 0.871 bits per heavy atom. The van der Waals surface area contributed by atoms with Gasteiger partial charge in [0, 0.05) is 6.92 Å². The fourth-order valence-electron chi connectivity index (χ4n) is 2.06. The summed E-state index contributed by atoms with van der Waals surface area (Å²) in [6, 6.07) is 16.7. The second kappa shape index (κ2) is 13.3. The van der Waals surface area contributed by atoms with Gasteiger partial charge in [0.2, 0.25) is 14.3 Å². The van der Waals surface area contributed by atoms with Gasteiger partial charge in [-0.1, -0.05) is 42.5 Å². The Bertz CT molecular complexity index is 818. The molecule has 0 fully saturated rings. The van der Waals surface area contributed by atoms with Crippen LogP contribution >= 0.6 is 8.38 Å². The van der Waals surface area contributed by atoms with Crippen LogP contribution in [0.4, 0.5) is 0 Å². The Labute approximate surface area is 180 Å². The molecule has 0 aromatic heterocycles. The summed E-state index contributed by atoms with van der Waals surface area (Å²) >= 11 is 0. The third kappa shape index (κ3) is 9.06. The van der Waals surface area contributed by atoms with E-state index in [-0.39, 0.29) is 6.54 Å². The smallest absolute Gasteiger partial charge is 0.340 e. The molecule has 2 aromatic rings. The van der Waals surface area contributed by atoms with Gasteiger partial charge in [-0.25, -0.2) is 14.7 Å². The number of rotatable bonds is 11. The minimum absolute atomic E-state index is 0.103. The number of amides is 1. The molecule has 2 aromatic carbocycles. The van der Waals surface area contributed by atoms with Crippen LogP contribution in [0.1, 0.15) is 27.6 Å². The molecule has 2 rings (SSSR count). The van der Waals surface area contributed by atoms with Gasteiger partial charge in [0.05, 0.1) is 17.7 Å². The molecule has 1 N–H and O–H groups in total. The first-order valence-electron chi connectivity index (χ1n) is 9.10. The lowest BCUT2D eigenvalue weighted by Gasteiger charge is -2.15. The fraction of sp³-hybridized carbons (Fsp3) is 0.190. The van der Waals surface area contributed by atoms with Gasteiger partial charge in [0.1, 0.15) is 0 Å². The number of benzene rings is 2. The van der Waals surface area contributed by atoms with Gasteiger partial charge in [0.25, 0.3) is 0 Å². The summed E-state index contributed by atoms with van der Waals surface area (Å²) < 4.78 is 20.9. The molecule has 9 nitrogen and oxygen atoms in total. The quantitative estimate of drug-likeness (QED) is 0.182. The molecule has 0 unspecified atom stereocenters. The molecule has 0 saturated heterocycles. The first-order valence-corrected chi connectivity index (χ1v) is 10.3. The maximum Gasteiger partial charge on any atom is 0.340 e. The van der Waals surface area contributed by atoms with Gasteiger partial charge < -0.3 is 9.47 Å². The van der Waals surface area contributed by atoms with Gasteiger partial charge >= 0.3 is 11.9 Å². The minimum Gasteiger partial charge on any atom is -0.434 e. The number of esters is 2. The molecule has 31 heavy (non-hydrogen) atoms. The molecular weight excluding hydrogens is 425 g/mol. The van der Waals surface area contributed by atoms with Gasteiger partial charge in [-0.2, -0.15) is 0 Å². The van der Waals surface area contributed by atoms with Crippen molar-refractivity contribution in [3.05, 3.63) is 83.7 Å². The molecular formula is C21H22NO8P. The SMILES string of the molecule is CC(=O)N(O)C/C=C/P(OCOC(=O)c1ccccc1)OCOC(=O)c1ccccc1. The Balaban J connectivity index is 1.86. The second-order valence-electron chi connectivity index (χ2n) is 5.86. The average molecular weight is 447 g/mol. The van der Waals surface area contributed by atoms with Crippen LogP contribution in [0.2, 0.25) is 0 Å². The van der Waals surface area contributed by atoms with Crippen LogP contribution in [-0.2, 0) is 23.3 Å². The molecule has 0 atom stereocenters. The van der Waals surface area contributed by atoms with Crippen LogP contribution in [0.15, 0.2) is 72.6 Å². The molecule has 10 heteroatoms. The topological polar surface area (TPSA) is 112 Å². The molecule has 0 saturated carbocycles. The maximum atomic E-state index is 12.0. The Morgan fingerprint density at radius 3 is 1.74 bits per heavy atom. The highest BCUT2D eigenvalue weighted by Gasteiger charge is 2.13. The lowest BCUT2D eigenvalue weighted by molar-refractivity contribution is -0.160. The molecule has 0 bridgehead atoms. The molecule has 0 radical (unpaired) electrons. The third-order valence-electron chi connectivity index (χ3n) is 3.63. The molecule has 0 spiro atoms. The standard InChI is InChI=1S/C21H22NO8P/c1-17(23)22(26)13-8-14-31(29-15-27-20(24)18-9-4-2-5-10-18)30-16-28-21(25)19-11-6-3-7-12-19/h2-12,14,26H,13,15-16H2,1H3/b14-8+. The molecule has 1 amide bonds. The number of carbonyl (C=O) groups excluding carboxylic acids is 3. The van der Waals surface area contributed by atoms with Crippen molar-refractivity contribution < 1.29 is 38.1 Å². The van der Waals surface area contributed by atoms with E-state index in [0.717, 1.165) is 0 Å². The van der Waals surface area contributed by atoms with Crippen molar-refractivity contribution in [1.29, 1.82) is 0 Å². The number of carbonyl (C=O) groups is 3. The maximum absolute atomic E-state index is 12.0. The van der Waals surface area contributed by atoms with E-state index in [1.54, 1.807) is 60.7 Å². The van der Waals surface area contributed by atoms with Gasteiger partial charge in [-0.15, -0.1) is 0 Å². The van der Waals surface area contributed by atoms with E-state index in [4.69, 9.17) is 18.5 Å². The predicted octanol–water partition coefficient (Wildman–Crippen LogP) is 3.71. The highest BCUT2D eigenvalue weighted by atomic mass is 31.2. The Morgan fingerprint density at radius 2 is 1.32 bits per heavy atom. The number of nitrogens with zero attached hydrogens (tertiary/aromatic N) is 1. The van der Waals surface area contributed by atoms with Crippen molar-refractivity contribution in [3.8, 4) is 0 Å². The fourth-order valence-corrected chi connectivity index (χ4v) is 2.89. The van der Waals surface area contributed by atoms with E-state index in [9.17, 15) is 19.6 Å². The average Bonchev–Trinajstić information content (AvgIpc) is 2.79. The summed E-state index contributed by atoms with van der Waals surface area (Å²) in [4.78, 5) is 35.0. The zero-order chi connectivity index (χ0) is 22.5. The van der Waals surface area contributed by atoms with E-state index < -0.39 is 39.8 Å². The van der Waals surface area contributed by atoms with Crippen molar-refractivity contribution in [2.75, 3.05) is 20.1 Å².